The lowest BCUT2D eigenvalue weighted by molar-refractivity contribution is 0.351. The Morgan fingerprint density at radius 1 is 1.53 bits per heavy atom. The van der Waals surface area contributed by atoms with E-state index in [1.165, 1.54) is 0 Å². The molecule has 0 spiro atoms. The van der Waals surface area contributed by atoms with Gasteiger partial charge in [0.15, 0.2) is 0 Å². The van der Waals surface area contributed by atoms with E-state index in [2.05, 4.69) is 19.6 Å². The Kier molecular flexibility index (Phi) is 5.52. The Balaban J connectivity index is 2.87. The highest BCUT2D eigenvalue weighted by molar-refractivity contribution is 6.29. The first-order valence-electron chi connectivity index (χ1n) is 5.84. The largest absolute Gasteiger partial charge is 0.487 e. The van der Waals surface area contributed by atoms with Crippen LogP contribution in [0.15, 0.2) is 29.8 Å². The van der Waals surface area contributed by atoms with Gasteiger partial charge in [0, 0.05) is 11.1 Å². The van der Waals surface area contributed by atoms with E-state index >= 15 is 0 Å². The monoisotopic (exact) mass is 253 g/mol. The molecule has 0 heterocycles. The van der Waals surface area contributed by atoms with Crippen LogP contribution in [0.4, 0.5) is 0 Å². The molecular weight excluding hydrogens is 234 g/mol. The zero-order valence-electron chi connectivity index (χ0n) is 10.5. The van der Waals surface area contributed by atoms with Crippen LogP contribution < -0.4 is 10.5 Å². The summed E-state index contributed by atoms with van der Waals surface area (Å²) in [6.07, 6.45) is 1.78. The molecular formula is C14H20ClNO. The van der Waals surface area contributed by atoms with Crippen LogP contribution in [0.3, 0.4) is 0 Å². The quantitative estimate of drug-likeness (QED) is 0.843. The molecule has 0 bridgehead atoms. The van der Waals surface area contributed by atoms with Gasteiger partial charge >= 0.3 is 0 Å². The highest BCUT2D eigenvalue weighted by atomic mass is 35.5. The van der Waals surface area contributed by atoms with Crippen molar-refractivity contribution in [3.8, 4) is 5.75 Å². The molecule has 0 aliphatic carbocycles. The second kappa shape index (κ2) is 6.67. The molecule has 0 saturated carbocycles. The average molecular weight is 254 g/mol. The van der Waals surface area contributed by atoms with Gasteiger partial charge in [-0.2, -0.15) is 0 Å². The van der Waals surface area contributed by atoms with Crippen molar-refractivity contribution in [2.24, 2.45) is 5.73 Å². The predicted octanol–water partition coefficient (Wildman–Crippen LogP) is 3.41. The SMILES string of the molecule is C=C(Cl)COc1c(C)cccc1CC(N)CC. The van der Waals surface area contributed by atoms with Crippen molar-refractivity contribution < 1.29 is 4.74 Å². The highest BCUT2D eigenvalue weighted by Crippen LogP contribution is 2.25. The molecule has 0 saturated heterocycles. The van der Waals surface area contributed by atoms with Crippen molar-refractivity contribution in [1.82, 2.24) is 0 Å². The van der Waals surface area contributed by atoms with Crippen LogP contribution in [-0.4, -0.2) is 12.6 Å². The molecule has 2 N–H and O–H groups in total. The third kappa shape index (κ3) is 4.41. The van der Waals surface area contributed by atoms with Gasteiger partial charge in [-0.25, -0.2) is 0 Å². The number of nitrogens with two attached hydrogens (primary N) is 1. The lowest BCUT2D eigenvalue weighted by Crippen LogP contribution is -2.22. The van der Waals surface area contributed by atoms with Crippen LogP contribution in [0.2, 0.25) is 0 Å². The van der Waals surface area contributed by atoms with Crippen molar-refractivity contribution in [2.75, 3.05) is 6.61 Å². The molecule has 17 heavy (non-hydrogen) atoms. The zero-order chi connectivity index (χ0) is 12.8. The molecule has 0 fully saturated rings. The van der Waals surface area contributed by atoms with Crippen LogP contribution in [-0.2, 0) is 6.42 Å². The van der Waals surface area contributed by atoms with Crippen molar-refractivity contribution in [1.29, 1.82) is 0 Å². The second-order valence-electron chi connectivity index (χ2n) is 4.24. The van der Waals surface area contributed by atoms with Crippen LogP contribution in [0, 0.1) is 6.92 Å². The number of hydrogen-bond acceptors (Lipinski definition) is 2. The van der Waals surface area contributed by atoms with Gasteiger partial charge in [0.2, 0.25) is 0 Å². The predicted molar refractivity (Wildman–Crippen MR) is 73.6 cm³/mol. The van der Waals surface area contributed by atoms with E-state index in [-0.39, 0.29) is 6.04 Å². The van der Waals surface area contributed by atoms with Crippen molar-refractivity contribution in [3.63, 3.8) is 0 Å². The fourth-order valence-corrected chi connectivity index (χ4v) is 1.71. The molecule has 1 atom stereocenters. The number of hydrogen-bond donors (Lipinski definition) is 1. The van der Waals surface area contributed by atoms with E-state index < -0.39 is 0 Å². The van der Waals surface area contributed by atoms with Crippen molar-refractivity contribution in [3.05, 3.63) is 40.9 Å². The van der Waals surface area contributed by atoms with E-state index in [1.807, 2.05) is 19.1 Å². The van der Waals surface area contributed by atoms with E-state index in [1.54, 1.807) is 0 Å². The fraction of sp³-hybridized carbons (Fsp3) is 0.429. The molecule has 0 aromatic heterocycles. The standard InChI is InChI=1S/C14H20ClNO/c1-4-13(16)8-12-7-5-6-10(2)14(12)17-9-11(3)15/h5-7,13H,3-4,8-9,16H2,1-2H3. The van der Waals surface area contributed by atoms with Gasteiger partial charge in [-0.15, -0.1) is 0 Å². The summed E-state index contributed by atoms with van der Waals surface area (Å²) >= 11 is 5.72. The van der Waals surface area contributed by atoms with Gasteiger partial charge in [-0.05, 0) is 30.9 Å². The van der Waals surface area contributed by atoms with E-state index in [4.69, 9.17) is 22.1 Å². The van der Waals surface area contributed by atoms with E-state index in [0.29, 0.717) is 11.6 Å². The average Bonchev–Trinajstić information content (AvgIpc) is 2.27. The summed E-state index contributed by atoms with van der Waals surface area (Å²) in [4.78, 5) is 0. The Bertz CT molecular complexity index is 390. The highest BCUT2D eigenvalue weighted by Gasteiger charge is 2.10. The van der Waals surface area contributed by atoms with Gasteiger partial charge < -0.3 is 10.5 Å². The van der Waals surface area contributed by atoms with Gasteiger partial charge in [-0.1, -0.05) is 43.3 Å². The van der Waals surface area contributed by atoms with Crippen LogP contribution in [0.5, 0.6) is 5.75 Å². The Morgan fingerprint density at radius 3 is 2.82 bits per heavy atom. The lowest BCUT2D eigenvalue weighted by Gasteiger charge is -2.16. The topological polar surface area (TPSA) is 35.2 Å². The van der Waals surface area contributed by atoms with Gasteiger partial charge in [0.05, 0.1) is 0 Å². The minimum absolute atomic E-state index is 0.165. The molecule has 0 aliphatic rings. The maximum Gasteiger partial charge on any atom is 0.126 e. The summed E-state index contributed by atoms with van der Waals surface area (Å²) < 4.78 is 5.69. The van der Waals surface area contributed by atoms with Gasteiger partial charge in [-0.3, -0.25) is 0 Å². The molecule has 3 heteroatoms. The molecule has 1 aromatic rings. The number of aryl methyl sites for hydroxylation is 1. The van der Waals surface area contributed by atoms with Gasteiger partial charge in [0.25, 0.3) is 0 Å². The molecule has 0 amide bonds. The summed E-state index contributed by atoms with van der Waals surface area (Å²) in [5.41, 5.74) is 8.22. The fourth-order valence-electron chi connectivity index (χ4n) is 1.66. The molecule has 1 unspecified atom stereocenters. The number of ether oxygens (including phenoxy) is 1. The molecule has 1 aromatic carbocycles. The Labute approximate surface area is 108 Å². The first kappa shape index (κ1) is 14.1. The van der Waals surface area contributed by atoms with E-state index in [0.717, 1.165) is 29.7 Å². The van der Waals surface area contributed by atoms with Crippen molar-refractivity contribution >= 4 is 11.6 Å². The number of halogens is 1. The van der Waals surface area contributed by atoms with Crippen LogP contribution in [0.25, 0.3) is 0 Å². The Morgan fingerprint density at radius 2 is 2.24 bits per heavy atom. The van der Waals surface area contributed by atoms with Crippen LogP contribution >= 0.6 is 11.6 Å². The third-order valence-corrected chi connectivity index (χ3v) is 2.78. The smallest absolute Gasteiger partial charge is 0.126 e. The maximum atomic E-state index is 5.98. The normalized spacial score (nSPS) is 12.2. The summed E-state index contributed by atoms with van der Waals surface area (Å²) in [7, 11) is 0. The van der Waals surface area contributed by atoms with Crippen LogP contribution in [0.1, 0.15) is 24.5 Å². The minimum atomic E-state index is 0.165. The summed E-state index contributed by atoms with van der Waals surface area (Å²) in [6.45, 7) is 8.06. The molecule has 0 aliphatic heterocycles. The first-order chi connectivity index (χ1) is 8.04. The van der Waals surface area contributed by atoms with Crippen molar-refractivity contribution in [2.45, 2.75) is 32.7 Å². The molecule has 1 rings (SSSR count). The lowest BCUT2D eigenvalue weighted by atomic mass is 10.0. The maximum absolute atomic E-state index is 5.98. The zero-order valence-corrected chi connectivity index (χ0v) is 11.3. The van der Waals surface area contributed by atoms with Gasteiger partial charge in [0.1, 0.15) is 12.4 Å². The summed E-state index contributed by atoms with van der Waals surface area (Å²) in [5, 5.41) is 0.499. The molecule has 0 radical (unpaired) electrons. The summed E-state index contributed by atoms with van der Waals surface area (Å²) in [6, 6.07) is 6.26. The number of para-hydroxylation sites is 1. The molecule has 2 nitrogen and oxygen atoms in total. The number of benzene rings is 1. The number of rotatable bonds is 6. The Hall–Kier alpha value is -0.990. The van der Waals surface area contributed by atoms with E-state index in [9.17, 15) is 0 Å². The minimum Gasteiger partial charge on any atom is -0.487 e. The third-order valence-electron chi connectivity index (χ3n) is 2.67. The molecule has 94 valence electrons. The summed E-state index contributed by atoms with van der Waals surface area (Å²) in [5.74, 6) is 0.887. The second-order valence-corrected chi connectivity index (χ2v) is 4.78. The first-order valence-corrected chi connectivity index (χ1v) is 6.22.